The highest BCUT2D eigenvalue weighted by Gasteiger charge is 2.12. The van der Waals surface area contributed by atoms with E-state index in [1.54, 1.807) is 7.11 Å². The Bertz CT molecular complexity index is 738. The molecular weight excluding hydrogens is 388 g/mol. The summed E-state index contributed by atoms with van der Waals surface area (Å²) in [5.41, 5.74) is 2.24. The summed E-state index contributed by atoms with van der Waals surface area (Å²) in [5, 5.41) is 14.5. The van der Waals surface area contributed by atoms with E-state index >= 15 is 0 Å². The number of likely N-dealkylation sites (N-methyl/N-ethyl adjacent to an activating group) is 1. The first-order valence-corrected chi connectivity index (χ1v) is 10.6. The Labute approximate surface area is 179 Å². The number of halogens is 1. The van der Waals surface area contributed by atoms with E-state index < -0.39 is 6.10 Å². The Morgan fingerprint density at radius 3 is 2.55 bits per heavy atom. The molecule has 0 saturated carbocycles. The van der Waals surface area contributed by atoms with Crippen LogP contribution in [0.15, 0.2) is 42.5 Å². The van der Waals surface area contributed by atoms with Crippen molar-refractivity contribution in [2.75, 3.05) is 39.9 Å². The number of aliphatic hydroxyl groups is 1. The van der Waals surface area contributed by atoms with E-state index in [9.17, 15) is 5.11 Å². The Kier molecular flexibility index (Phi) is 10.3. The molecule has 0 aliphatic rings. The minimum absolute atomic E-state index is 0.232. The van der Waals surface area contributed by atoms with Crippen LogP contribution in [-0.2, 0) is 13.0 Å². The molecule has 0 bridgehead atoms. The Morgan fingerprint density at radius 2 is 1.86 bits per heavy atom. The van der Waals surface area contributed by atoms with Gasteiger partial charge < -0.3 is 24.8 Å². The summed E-state index contributed by atoms with van der Waals surface area (Å²) in [5.74, 6) is 1.32. The number of hydrogen-bond acceptors (Lipinski definition) is 5. The van der Waals surface area contributed by atoms with Crippen molar-refractivity contribution < 1.29 is 14.6 Å². The number of methoxy groups -OCH3 is 1. The second kappa shape index (κ2) is 12.7. The number of nitrogens with zero attached hydrogens (tertiary/aromatic N) is 1. The fourth-order valence-electron chi connectivity index (χ4n) is 3.12. The van der Waals surface area contributed by atoms with Gasteiger partial charge in [-0.2, -0.15) is 0 Å². The van der Waals surface area contributed by atoms with Gasteiger partial charge >= 0.3 is 0 Å². The number of benzene rings is 2. The Balaban J connectivity index is 1.86. The van der Waals surface area contributed by atoms with Gasteiger partial charge in [-0.05, 0) is 55.4 Å². The number of nitrogens with one attached hydrogen (secondary N) is 1. The third-order valence-corrected chi connectivity index (χ3v) is 5.25. The normalized spacial score (nSPS) is 12.2. The van der Waals surface area contributed by atoms with Crippen molar-refractivity contribution in [3.63, 3.8) is 0 Å². The number of aliphatic hydroxyl groups excluding tert-OH is 1. The third-order valence-electron chi connectivity index (χ3n) is 4.88. The lowest BCUT2D eigenvalue weighted by Crippen LogP contribution is -2.35. The van der Waals surface area contributed by atoms with E-state index in [1.165, 1.54) is 0 Å². The third kappa shape index (κ3) is 7.86. The van der Waals surface area contributed by atoms with Crippen molar-refractivity contribution in [2.24, 2.45) is 0 Å². The van der Waals surface area contributed by atoms with Gasteiger partial charge in [0, 0.05) is 18.1 Å². The molecular formula is C23H33ClN2O3. The van der Waals surface area contributed by atoms with Crippen LogP contribution in [0.1, 0.15) is 25.0 Å². The molecule has 0 saturated heterocycles. The van der Waals surface area contributed by atoms with Crippen molar-refractivity contribution >= 4 is 11.6 Å². The molecule has 6 heteroatoms. The molecule has 2 aromatic rings. The molecule has 2 N–H and O–H groups in total. The van der Waals surface area contributed by atoms with Gasteiger partial charge in [-0.25, -0.2) is 0 Å². The van der Waals surface area contributed by atoms with Crippen LogP contribution in [-0.4, -0.2) is 56.0 Å². The molecule has 2 aromatic carbocycles. The van der Waals surface area contributed by atoms with Crippen molar-refractivity contribution in [1.82, 2.24) is 10.2 Å². The minimum atomic E-state index is -0.544. The van der Waals surface area contributed by atoms with Crippen molar-refractivity contribution in [1.29, 1.82) is 0 Å². The molecule has 0 fully saturated rings. The summed E-state index contributed by atoms with van der Waals surface area (Å²) < 4.78 is 11.3. The zero-order chi connectivity index (χ0) is 21.1. The zero-order valence-electron chi connectivity index (χ0n) is 17.7. The smallest absolute Gasteiger partial charge is 0.161 e. The van der Waals surface area contributed by atoms with Crippen LogP contribution in [0.5, 0.6) is 11.5 Å². The van der Waals surface area contributed by atoms with Crippen molar-refractivity contribution in [2.45, 2.75) is 32.9 Å². The molecule has 0 aliphatic carbocycles. The largest absolute Gasteiger partial charge is 0.493 e. The standard InChI is InChI=1S/C23H33ClN2O3/c1-4-26(5-2)16-20(27)17-29-23-14-18(10-11-22(23)28-3)15-25-13-12-19-8-6-7-9-21(19)24/h6-11,14,20,25,27H,4-5,12-13,15-17H2,1-3H3/t20-/m1/s1. The predicted octanol–water partition coefficient (Wildman–Crippen LogP) is 3.76. The summed E-state index contributed by atoms with van der Waals surface area (Å²) in [6.07, 6.45) is 0.327. The molecule has 0 aliphatic heterocycles. The second-order valence-corrected chi connectivity index (χ2v) is 7.36. The quantitative estimate of drug-likeness (QED) is 0.483. The van der Waals surface area contributed by atoms with E-state index in [0.29, 0.717) is 24.6 Å². The lowest BCUT2D eigenvalue weighted by atomic mass is 10.1. The Hall–Kier alpha value is -1.79. The molecule has 0 heterocycles. The maximum atomic E-state index is 10.2. The lowest BCUT2D eigenvalue weighted by Gasteiger charge is -2.22. The molecule has 1 atom stereocenters. The van der Waals surface area contributed by atoms with Crippen molar-refractivity contribution in [3.05, 3.63) is 58.6 Å². The van der Waals surface area contributed by atoms with Gasteiger partial charge in [0.25, 0.3) is 0 Å². The van der Waals surface area contributed by atoms with Crippen LogP contribution in [0.4, 0.5) is 0 Å². The zero-order valence-corrected chi connectivity index (χ0v) is 18.4. The lowest BCUT2D eigenvalue weighted by molar-refractivity contribution is 0.0705. The summed E-state index contributed by atoms with van der Waals surface area (Å²) in [7, 11) is 1.62. The molecule has 2 rings (SSSR count). The summed E-state index contributed by atoms with van der Waals surface area (Å²) in [6.45, 7) is 8.36. The van der Waals surface area contributed by atoms with Gasteiger partial charge in [0.1, 0.15) is 12.7 Å². The maximum absolute atomic E-state index is 10.2. The topological polar surface area (TPSA) is 54.0 Å². The SMILES string of the molecule is CCN(CC)C[C@@H](O)COc1cc(CNCCc2ccccc2Cl)ccc1OC. The van der Waals surface area contributed by atoms with Crippen molar-refractivity contribution in [3.8, 4) is 11.5 Å². The molecule has 29 heavy (non-hydrogen) atoms. The minimum Gasteiger partial charge on any atom is -0.493 e. The first-order chi connectivity index (χ1) is 14.1. The van der Waals surface area contributed by atoms with Crippen LogP contribution in [0.3, 0.4) is 0 Å². The van der Waals surface area contributed by atoms with E-state index in [2.05, 4.69) is 24.1 Å². The highest BCUT2D eigenvalue weighted by atomic mass is 35.5. The van der Waals surface area contributed by atoms with Crippen LogP contribution >= 0.6 is 11.6 Å². The van der Waals surface area contributed by atoms with E-state index in [1.807, 2.05) is 42.5 Å². The van der Waals surface area contributed by atoms with Gasteiger partial charge in [0.05, 0.1) is 7.11 Å². The molecule has 160 valence electrons. The molecule has 0 unspecified atom stereocenters. The fourth-order valence-corrected chi connectivity index (χ4v) is 3.35. The first-order valence-electron chi connectivity index (χ1n) is 10.2. The number of ether oxygens (including phenoxy) is 2. The highest BCUT2D eigenvalue weighted by Crippen LogP contribution is 2.28. The maximum Gasteiger partial charge on any atom is 0.161 e. The van der Waals surface area contributed by atoms with Crippen LogP contribution in [0, 0.1) is 0 Å². The second-order valence-electron chi connectivity index (χ2n) is 6.95. The molecule has 0 amide bonds. The molecule has 5 nitrogen and oxygen atoms in total. The number of rotatable bonds is 13. The first kappa shape index (κ1) is 23.5. The predicted molar refractivity (Wildman–Crippen MR) is 119 cm³/mol. The average Bonchev–Trinajstić information content (AvgIpc) is 2.74. The molecule has 0 spiro atoms. The van der Waals surface area contributed by atoms with E-state index in [4.69, 9.17) is 21.1 Å². The van der Waals surface area contributed by atoms with Gasteiger partial charge in [-0.1, -0.05) is 49.7 Å². The summed E-state index contributed by atoms with van der Waals surface area (Å²) >= 11 is 6.20. The highest BCUT2D eigenvalue weighted by molar-refractivity contribution is 6.31. The van der Waals surface area contributed by atoms with Crippen LogP contribution in [0.25, 0.3) is 0 Å². The van der Waals surface area contributed by atoms with Crippen LogP contribution < -0.4 is 14.8 Å². The van der Waals surface area contributed by atoms with Gasteiger partial charge in [0.15, 0.2) is 11.5 Å². The summed E-state index contributed by atoms with van der Waals surface area (Å²) in [4.78, 5) is 2.17. The Morgan fingerprint density at radius 1 is 1.10 bits per heavy atom. The van der Waals surface area contributed by atoms with E-state index in [0.717, 1.165) is 42.2 Å². The van der Waals surface area contributed by atoms with Crippen LogP contribution in [0.2, 0.25) is 5.02 Å². The van der Waals surface area contributed by atoms with Gasteiger partial charge in [-0.3, -0.25) is 0 Å². The molecule has 0 radical (unpaired) electrons. The van der Waals surface area contributed by atoms with Gasteiger partial charge in [-0.15, -0.1) is 0 Å². The van der Waals surface area contributed by atoms with Gasteiger partial charge in [0.2, 0.25) is 0 Å². The average molecular weight is 421 g/mol. The number of hydrogen-bond donors (Lipinski definition) is 2. The monoisotopic (exact) mass is 420 g/mol. The fraction of sp³-hybridized carbons (Fsp3) is 0.478. The molecule has 0 aromatic heterocycles. The van der Waals surface area contributed by atoms with E-state index in [-0.39, 0.29) is 6.61 Å². The summed E-state index contributed by atoms with van der Waals surface area (Å²) in [6, 6.07) is 13.8.